The van der Waals surface area contributed by atoms with Crippen LogP contribution in [0.5, 0.6) is 0 Å². The van der Waals surface area contributed by atoms with E-state index in [1.807, 2.05) is 6.92 Å². The molecule has 5 nitrogen and oxygen atoms in total. The van der Waals surface area contributed by atoms with E-state index in [4.69, 9.17) is 5.11 Å². The van der Waals surface area contributed by atoms with Gasteiger partial charge >= 0.3 is 5.97 Å². The highest BCUT2D eigenvalue weighted by atomic mass is 32.2. The number of sulfonamides is 1. The zero-order chi connectivity index (χ0) is 11.6. The second-order valence-corrected chi connectivity index (χ2v) is 6.65. The van der Waals surface area contributed by atoms with Crippen LogP contribution in [0.3, 0.4) is 0 Å². The SMILES string of the molecule is CCC1SCC(C(=O)O)N1S(=O)(=O)CC. The molecule has 0 aromatic heterocycles. The number of rotatable bonds is 4. The molecule has 2 unspecified atom stereocenters. The predicted molar refractivity (Wildman–Crippen MR) is 59.3 cm³/mol. The first-order chi connectivity index (χ1) is 6.94. The van der Waals surface area contributed by atoms with Crippen molar-refractivity contribution in [2.24, 2.45) is 0 Å². The largest absolute Gasteiger partial charge is 0.480 e. The van der Waals surface area contributed by atoms with Crippen molar-refractivity contribution in [2.45, 2.75) is 31.7 Å². The Morgan fingerprint density at radius 3 is 2.53 bits per heavy atom. The maximum atomic E-state index is 11.7. The quantitative estimate of drug-likeness (QED) is 0.793. The van der Waals surface area contributed by atoms with Gasteiger partial charge in [0.1, 0.15) is 6.04 Å². The number of nitrogens with zero attached hydrogens (tertiary/aromatic N) is 1. The van der Waals surface area contributed by atoms with Crippen molar-refractivity contribution in [3.8, 4) is 0 Å². The lowest BCUT2D eigenvalue weighted by Gasteiger charge is -2.24. The lowest BCUT2D eigenvalue weighted by Crippen LogP contribution is -2.45. The highest BCUT2D eigenvalue weighted by Crippen LogP contribution is 2.33. The van der Waals surface area contributed by atoms with E-state index in [1.165, 1.54) is 18.7 Å². The molecule has 88 valence electrons. The van der Waals surface area contributed by atoms with E-state index in [1.54, 1.807) is 0 Å². The van der Waals surface area contributed by atoms with Crippen LogP contribution in [-0.2, 0) is 14.8 Å². The molecule has 7 heteroatoms. The Bertz CT molecular complexity index is 341. The van der Waals surface area contributed by atoms with Crippen LogP contribution in [0.25, 0.3) is 0 Å². The van der Waals surface area contributed by atoms with Gasteiger partial charge < -0.3 is 5.11 Å². The molecule has 1 heterocycles. The van der Waals surface area contributed by atoms with E-state index >= 15 is 0 Å². The van der Waals surface area contributed by atoms with Crippen LogP contribution in [0.4, 0.5) is 0 Å². The lowest BCUT2D eigenvalue weighted by atomic mass is 10.3. The third-order valence-electron chi connectivity index (χ3n) is 2.36. The average molecular weight is 253 g/mol. The van der Waals surface area contributed by atoms with Gasteiger partial charge in [0.05, 0.1) is 11.1 Å². The van der Waals surface area contributed by atoms with Crippen molar-refractivity contribution in [2.75, 3.05) is 11.5 Å². The summed E-state index contributed by atoms with van der Waals surface area (Å²) in [5.74, 6) is -0.767. The third-order valence-corrected chi connectivity index (χ3v) is 5.83. The van der Waals surface area contributed by atoms with Crippen molar-refractivity contribution >= 4 is 27.8 Å². The van der Waals surface area contributed by atoms with Gasteiger partial charge in [-0.15, -0.1) is 11.8 Å². The fourth-order valence-corrected chi connectivity index (χ4v) is 4.82. The summed E-state index contributed by atoms with van der Waals surface area (Å²) < 4.78 is 24.6. The minimum absolute atomic E-state index is 0.0478. The zero-order valence-electron chi connectivity index (χ0n) is 8.71. The average Bonchev–Trinajstić information content (AvgIpc) is 2.61. The maximum absolute atomic E-state index is 11.7. The second kappa shape index (κ2) is 4.71. The highest BCUT2D eigenvalue weighted by molar-refractivity contribution is 8.01. The molecule has 0 bridgehead atoms. The van der Waals surface area contributed by atoms with Crippen LogP contribution in [0.2, 0.25) is 0 Å². The van der Waals surface area contributed by atoms with Crippen molar-refractivity contribution < 1.29 is 18.3 Å². The lowest BCUT2D eigenvalue weighted by molar-refractivity contribution is -0.140. The molecule has 15 heavy (non-hydrogen) atoms. The molecule has 2 atom stereocenters. The van der Waals surface area contributed by atoms with Gasteiger partial charge in [0.25, 0.3) is 0 Å². The summed E-state index contributed by atoms with van der Waals surface area (Å²) in [6.45, 7) is 3.39. The summed E-state index contributed by atoms with van der Waals surface area (Å²) >= 11 is 1.40. The van der Waals surface area contributed by atoms with Gasteiger partial charge in [0.15, 0.2) is 0 Å². The van der Waals surface area contributed by atoms with Crippen LogP contribution in [0.15, 0.2) is 0 Å². The van der Waals surface area contributed by atoms with E-state index in [9.17, 15) is 13.2 Å². The minimum atomic E-state index is -3.42. The van der Waals surface area contributed by atoms with E-state index in [-0.39, 0.29) is 11.1 Å². The molecule has 1 fully saturated rings. The number of carbonyl (C=O) groups is 1. The number of aliphatic carboxylic acids is 1. The van der Waals surface area contributed by atoms with E-state index in [0.29, 0.717) is 12.2 Å². The molecule has 1 aliphatic rings. The number of hydrogen-bond donors (Lipinski definition) is 1. The van der Waals surface area contributed by atoms with Gasteiger partial charge in [0.2, 0.25) is 10.0 Å². The first kappa shape index (κ1) is 12.8. The summed E-state index contributed by atoms with van der Waals surface area (Å²) in [6, 6.07) is -0.898. The minimum Gasteiger partial charge on any atom is -0.480 e. The number of hydrogen-bond acceptors (Lipinski definition) is 4. The monoisotopic (exact) mass is 253 g/mol. The molecule has 1 aliphatic heterocycles. The fourth-order valence-electron chi connectivity index (χ4n) is 1.55. The highest BCUT2D eigenvalue weighted by Gasteiger charge is 2.44. The summed E-state index contributed by atoms with van der Waals surface area (Å²) in [6.07, 6.45) is 0.633. The molecule has 1 saturated heterocycles. The van der Waals surface area contributed by atoms with Gasteiger partial charge in [-0.05, 0) is 13.3 Å². The first-order valence-corrected chi connectivity index (χ1v) is 7.45. The molecule has 0 aromatic rings. The Labute approximate surface area is 93.9 Å². The van der Waals surface area contributed by atoms with E-state index in [0.717, 1.165) is 4.31 Å². The molecule has 0 aromatic carbocycles. The number of carboxylic acids is 1. The summed E-state index contributed by atoms with van der Waals surface area (Å²) in [7, 11) is -3.42. The van der Waals surface area contributed by atoms with Crippen molar-refractivity contribution in [3.63, 3.8) is 0 Å². The van der Waals surface area contributed by atoms with Crippen LogP contribution < -0.4 is 0 Å². The Hall–Kier alpha value is -0.270. The normalized spacial score (nSPS) is 28.1. The fraction of sp³-hybridized carbons (Fsp3) is 0.875. The van der Waals surface area contributed by atoms with Gasteiger partial charge in [-0.2, -0.15) is 4.31 Å². The molecule has 1 rings (SSSR count). The topological polar surface area (TPSA) is 74.7 Å². The molecule has 1 N–H and O–H groups in total. The Balaban J connectivity index is 3.01. The van der Waals surface area contributed by atoms with Gasteiger partial charge in [0, 0.05) is 5.75 Å². The van der Waals surface area contributed by atoms with E-state index in [2.05, 4.69) is 0 Å². The molecule has 0 aliphatic carbocycles. The second-order valence-electron chi connectivity index (χ2n) is 3.28. The summed E-state index contributed by atoms with van der Waals surface area (Å²) in [5.41, 5.74) is 0. The predicted octanol–water partition coefficient (Wildman–Crippen LogP) is 0.574. The number of carboxylic acid groups (broad SMARTS) is 1. The summed E-state index contributed by atoms with van der Waals surface area (Å²) in [5, 5.41) is 8.71. The van der Waals surface area contributed by atoms with E-state index < -0.39 is 22.0 Å². The van der Waals surface area contributed by atoms with Crippen LogP contribution in [0.1, 0.15) is 20.3 Å². The molecular weight excluding hydrogens is 238 g/mol. The maximum Gasteiger partial charge on any atom is 0.322 e. The Morgan fingerprint density at radius 1 is 1.53 bits per heavy atom. The zero-order valence-corrected chi connectivity index (χ0v) is 10.3. The van der Waals surface area contributed by atoms with Crippen LogP contribution >= 0.6 is 11.8 Å². The van der Waals surface area contributed by atoms with Crippen molar-refractivity contribution in [3.05, 3.63) is 0 Å². The van der Waals surface area contributed by atoms with Crippen molar-refractivity contribution in [1.82, 2.24) is 4.31 Å². The molecular formula is C8H15NO4S2. The van der Waals surface area contributed by atoms with Crippen molar-refractivity contribution in [1.29, 1.82) is 0 Å². The first-order valence-electron chi connectivity index (χ1n) is 4.79. The van der Waals surface area contributed by atoms with Gasteiger partial charge in [-0.3, -0.25) is 4.79 Å². The van der Waals surface area contributed by atoms with Gasteiger partial charge in [-0.25, -0.2) is 8.42 Å². The molecule has 0 spiro atoms. The molecule has 0 radical (unpaired) electrons. The smallest absolute Gasteiger partial charge is 0.322 e. The Kier molecular flexibility index (Phi) is 4.02. The molecule has 0 saturated carbocycles. The number of thioether (sulfide) groups is 1. The standard InChI is InChI=1S/C8H15NO4S2/c1-3-7-9(15(12,13)4-2)6(5-14-7)8(10)11/h6-7H,3-5H2,1-2H3,(H,10,11). The molecule has 0 amide bonds. The Morgan fingerprint density at radius 2 is 2.13 bits per heavy atom. The summed E-state index contributed by atoms with van der Waals surface area (Å²) in [4.78, 5) is 10.9. The van der Waals surface area contributed by atoms with Crippen LogP contribution in [-0.4, -0.2) is 46.7 Å². The van der Waals surface area contributed by atoms with Crippen LogP contribution in [0, 0.1) is 0 Å². The van der Waals surface area contributed by atoms with Gasteiger partial charge in [-0.1, -0.05) is 6.92 Å². The third kappa shape index (κ3) is 2.46.